The maximum Gasteiger partial charge on any atom is 0.0494 e. The predicted octanol–water partition coefficient (Wildman–Crippen LogP) is 5.59. The average Bonchev–Trinajstić information content (AvgIpc) is 3.03. The lowest BCUT2D eigenvalue weighted by Gasteiger charge is -2.17. The van der Waals surface area contributed by atoms with E-state index in [2.05, 4.69) is 77.6 Å². The largest absolute Gasteiger partial charge is 0.378 e. The number of rotatable bonds is 4. The molecule has 1 aromatic heterocycles. The Morgan fingerprint density at radius 3 is 2.40 bits per heavy atom. The highest BCUT2D eigenvalue weighted by atomic mass is 32.1. The van der Waals surface area contributed by atoms with Gasteiger partial charge in [0.1, 0.15) is 0 Å². The second kappa shape index (κ2) is 5.93. The zero-order chi connectivity index (χ0) is 13.8. The van der Waals surface area contributed by atoms with Crippen molar-refractivity contribution in [2.75, 3.05) is 5.32 Å². The van der Waals surface area contributed by atoms with Gasteiger partial charge < -0.3 is 5.32 Å². The molecule has 0 amide bonds. The van der Waals surface area contributed by atoms with Crippen LogP contribution in [0.2, 0.25) is 0 Å². The molecule has 0 aliphatic heterocycles. The van der Waals surface area contributed by atoms with Gasteiger partial charge in [-0.2, -0.15) is 11.3 Å². The van der Waals surface area contributed by atoms with Crippen molar-refractivity contribution in [2.24, 2.45) is 0 Å². The Morgan fingerprint density at radius 1 is 0.900 bits per heavy atom. The third-order valence-electron chi connectivity index (χ3n) is 3.43. The van der Waals surface area contributed by atoms with Crippen LogP contribution in [0.15, 0.2) is 71.4 Å². The number of para-hydroxylation sites is 1. The smallest absolute Gasteiger partial charge is 0.0494 e. The first kappa shape index (κ1) is 12.9. The van der Waals surface area contributed by atoms with Gasteiger partial charge in [-0.3, -0.25) is 0 Å². The van der Waals surface area contributed by atoms with Crippen LogP contribution in [0.5, 0.6) is 0 Å². The first-order valence-electron chi connectivity index (χ1n) is 6.77. The molecule has 20 heavy (non-hydrogen) atoms. The molecule has 3 aromatic rings. The highest BCUT2D eigenvalue weighted by molar-refractivity contribution is 7.08. The standard InChI is InChI=1S/C18H17NS/c1-14(16-11-12-20-13-16)19-18-10-6-5-9-17(18)15-7-3-2-4-8-15/h2-14,19H,1H3. The minimum Gasteiger partial charge on any atom is -0.378 e. The summed E-state index contributed by atoms with van der Waals surface area (Å²) in [5.74, 6) is 0. The van der Waals surface area contributed by atoms with Crippen molar-refractivity contribution >= 4 is 17.0 Å². The number of hydrogen-bond donors (Lipinski definition) is 1. The minimum absolute atomic E-state index is 0.311. The average molecular weight is 279 g/mol. The van der Waals surface area contributed by atoms with Gasteiger partial charge in [0.2, 0.25) is 0 Å². The van der Waals surface area contributed by atoms with E-state index in [-0.39, 0.29) is 0 Å². The molecule has 100 valence electrons. The zero-order valence-corrected chi connectivity index (χ0v) is 12.2. The second-order valence-corrected chi connectivity index (χ2v) is 5.61. The fourth-order valence-electron chi connectivity index (χ4n) is 2.32. The van der Waals surface area contributed by atoms with Gasteiger partial charge in [-0.25, -0.2) is 0 Å². The Morgan fingerprint density at radius 2 is 1.65 bits per heavy atom. The van der Waals surface area contributed by atoms with Gasteiger partial charge in [0.15, 0.2) is 0 Å². The molecule has 1 atom stereocenters. The van der Waals surface area contributed by atoms with Crippen molar-refractivity contribution in [3.8, 4) is 11.1 Å². The summed E-state index contributed by atoms with van der Waals surface area (Å²) in [6, 6.07) is 21.5. The molecule has 1 N–H and O–H groups in total. The van der Waals surface area contributed by atoms with Crippen LogP contribution in [-0.4, -0.2) is 0 Å². The lowest BCUT2D eigenvalue weighted by atomic mass is 10.0. The van der Waals surface area contributed by atoms with E-state index in [1.807, 2.05) is 6.07 Å². The van der Waals surface area contributed by atoms with Crippen molar-refractivity contribution < 1.29 is 0 Å². The monoisotopic (exact) mass is 279 g/mol. The molecular weight excluding hydrogens is 262 g/mol. The van der Waals surface area contributed by atoms with Gasteiger partial charge in [-0.05, 0) is 40.9 Å². The van der Waals surface area contributed by atoms with Crippen LogP contribution < -0.4 is 5.32 Å². The Bertz CT molecular complexity index is 659. The van der Waals surface area contributed by atoms with Crippen molar-refractivity contribution in [1.29, 1.82) is 0 Å². The summed E-state index contributed by atoms with van der Waals surface area (Å²) >= 11 is 1.74. The van der Waals surface area contributed by atoms with Crippen molar-refractivity contribution in [3.05, 3.63) is 77.0 Å². The highest BCUT2D eigenvalue weighted by Gasteiger charge is 2.09. The maximum atomic E-state index is 3.62. The zero-order valence-electron chi connectivity index (χ0n) is 11.4. The van der Waals surface area contributed by atoms with Crippen LogP contribution in [0.4, 0.5) is 5.69 Å². The first-order chi connectivity index (χ1) is 9.84. The van der Waals surface area contributed by atoms with E-state index in [1.165, 1.54) is 22.4 Å². The fourth-order valence-corrected chi connectivity index (χ4v) is 3.07. The summed E-state index contributed by atoms with van der Waals surface area (Å²) in [7, 11) is 0. The summed E-state index contributed by atoms with van der Waals surface area (Å²) in [4.78, 5) is 0. The Hall–Kier alpha value is -2.06. The quantitative estimate of drug-likeness (QED) is 0.656. The van der Waals surface area contributed by atoms with Gasteiger partial charge in [0.25, 0.3) is 0 Å². The van der Waals surface area contributed by atoms with E-state index >= 15 is 0 Å². The topological polar surface area (TPSA) is 12.0 Å². The van der Waals surface area contributed by atoms with Crippen molar-refractivity contribution in [2.45, 2.75) is 13.0 Å². The predicted molar refractivity (Wildman–Crippen MR) is 88.2 cm³/mol. The SMILES string of the molecule is CC(Nc1ccccc1-c1ccccc1)c1ccsc1. The fraction of sp³-hybridized carbons (Fsp3) is 0.111. The summed E-state index contributed by atoms with van der Waals surface area (Å²) in [6.07, 6.45) is 0. The third kappa shape index (κ3) is 2.75. The Kier molecular flexibility index (Phi) is 3.84. The molecule has 2 heteroatoms. The van der Waals surface area contributed by atoms with E-state index < -0.39 is 0 Å². The Labute approximate surface area is 123 Å². The normalized spacial score (nSPS) is 12.1. The van der Waals surface area contributed by atoms with Crippen LogP contribution in [0.1, 0.15) is 18.5 Å². The summed E-state index contributed by atoms with van der Waals surface area (Å²) < 4.78 is 0. The molecule has 0 bridgehead atoms. The molecule has 1 nitrogen and oxygen atoms in total. The molecule has 0 saturated carbocycles. The molecule has 0 fully saturated rings. The molecule has 1 unspecified atom stereocenters. The molecule has 1 heterocycles. The van der Waals surface area contributed by atoms with E-state index in [0.717, 1.165) is 0 Å². The summed E-state index contributed by atoms with van der Waals surface area (Å²) in [6.45, 7) is 2.20. The van der Waals surface area contributed by atoms with E-state index in [0.29, 0.717) is 6.04 Å². The van der Waals surface area contributed by atoms with Crippen LogP contribution >= 0.6 is 11.3 Å². The van der Waals surface area contributed by atoms with Gasteiger partial charge in [0, 0.05) is 17.3 Å². The molecule has 0 spiro atoms. The minimum atomic E-state index is 0.311. The van der Waals surface area contributed by atoms with Crippen LogP contribution in [0.25, 0.3) is 11.1 Å². The van der Waals surface area contributed by atoms with E-state index in [1.54, 1.807) is 11.3 Å². The second-order valence-electron chi connectivity index (χ2n) is 4.83. The van der Waals surface area contributed by atoms with Crippen LogP contribution in [-0.2, 0) is 0 Å². The lowest BCUT2D eigenvalue weighted by Crippen LogP contribution is -2.06. The van der Waals surface area contributed by atoms with Gasteiger partial charge in [-0.1, -0.05) is 48.5 Å². The summed E-state index contributed by atoms with van der Waals surface area (Å²) in [5, 5.41) is 7.94. The van der Waals surface area contributed by atoms with Crippen molar-refractivity contribution in [1.82, 2.24) is 0 Å². The number of hydrogen-bond acceptors (Lipinski definition) is 2. The lowest BCUT2D eigenvalue weighted by molar-refractivity contribution is 0.891. The molecule has 0 aliphatic rings. The molecule has 2 aromatic carbocycles. The van der Waals surface area contributed by atoms with Crippen LogP contribution in [0, 0.1) is 0 Å². The third-order valence-corrected chi connectivity index (χ3v) is 4.13. The van der Waals surface area contributed by atoms with Crippen molar-refractivity contribution in [3.63, 3.8) is 0 Å². The molecule has 0 aliphatic carbocycles. The van der Waals surface area contributed by atoms with Gasteiger partial charge in [0.05, 0.1) is 0 Å². The summed E-state index contributed by atoms with van der Waals surface area (Å²) in [5.41, 5.74) is 5.00. The molecule has 0 radical (unpaired) electrons. The van der Waals surface area contributed by atoms with E-state index in [4.69, 9.17) is 0 Å². The molecule has 0 saturated heterocycles. The number of thiophene rings is 1. The first-order valence-corrected chi connectivity index (χ1v) is 7.72. The number of nitrogens with one attached hydrogen (secondary N) is 1. The number of anilines is 1. The van der Waals surface area contributed by atoms with E-state index in [9.17, 15) is 0 Å². The number of benzene rings is 2. The Balaban J connectivity index is 1.91. The van der Waals surface area contributed by atoms with Gasteiger partial charge in [-0.15, -0.1) is 0 Å². The maximum absolute atomic E-state index is 3.62. The molecular formula is C18H17NS. The van der Waals surface area contributed by atoms with Crippen LogP contribution in [0.3, 0.4) is 0 Å². The molecule has 3 rings (SSSR count). The highest BCUT2D eigenvalue weighted by Crippen LogP contribution is 2.30. The van der Waals surface area contributed by atoms with Gasteiger partial charge >= 0.3 is 0 Å².